The molecule has 6 nitrogen and oxygen atoms in total. The van der Waals surface area contributed by atoms with Gasteiger partial charge in [0, 0.05) is 23.6 Å². The summed E-state index contributed by atoms with van der Waals surface area (Å²) >= 11 is 1.47. The van der Waals surface area contributed by atoms with Crippen LogP contribution in [0.5, 0.6) is 0 Å². The van der Waals surface area contributed by atoms with Crippen LogP contribution in [0.4, 0.5) is 15.8 Å². The van der Waals surface area contributed by atoms with Crippen LogP contribution in [0.1, 0.15) is 16.3 Å². The molecule has 0 radical (unpaired) electrons. The zero-order valence-electron chi connectivity index (χ0n) is 13.5. The highest BCUT2D eigenvalue weighted by molar-refractivity contribution is 7.09. The molecule has 0 bridgehead atoms. The van der Waals surface area contributed by atoms with Crippen LogP contribution in [0.3, 0.4) is 0 Å². The van der Waals surface area contributed by atoms with Gasteiger partial charge in [0.15, 0.2) is 0 Å². The number of benzene rings is 2. The highest BCUT2D eigenvalue weighted by Crippen LogP contribution is 2.22. The van der Waals surface area contributed by atoms with Gasteiger partial charge in [0.1, 0.15) is 0 Å². The van der Waals surface area contributed by atoms with E-state index in [2.05, 4.69) is 10.3 Å². The number of anilines is 1. The van der Waals surface area contributed by atoms with Crippen molar-refractivity contribution in [3.05, 3.63) is 86.1 Å². The number of hydrogen-bond acceptors (Lipinski definition) is 5. The summed E-state index contributed by atoms with van der Waals surface area (Å²) in [4.78, 5) is 26.5. The van der Waals surface area contributed by atoms with Crippen molar-refractivity contribution in [3.8, 4) is 0 Å². The Balaban J connectivity index is 1.62. The van der Waals surface area contributed by atoms with E-state index >= 15 is 0 Å². The molecule has 2 aromatic carbocycles. The summed E-state index contributed by atoms with van der Waals surface area (Å²) < 4.78 is 13.3. The first-order chi connectivity index (χ1) is 12.5. The predicted octanol–water partition coefficient (Wildman–Crippen LogP) is 3.96. The first kappa shape index (κ1) is 17.7. The molecule has 0 spiro atoms. The van der Waals surface area contributed by atoms with Crippen LogP contribution in [0.25, 0.3) is 0 Å². The molecule has 1 heterocycles. The second-order valence-electron chi connectivity index (χ2n) is 5.54. The van der Waals surface area contributed by atoms with E-state index in [1.54, 1.807) is 0 Å². The Morgan fingerprint density at radius 2 is 2.00 bits per heavy atom. The largest absolute Gasteiger partial charge is 0.325 e. The molecule has 0 fully saturated rings. The van der Waals surface area contributed by atoms with E-state index in [1.165, 1.54) is 17.4 Å². The lowest BCUT2D eigenvalue weighted by Crippen LogP contribution is -2.15. The van der Waals surface area contributed by atoms with Gasteiger partial charge in [-0.25, -0.2) is 4.98 Å². The second-order valence-corrected chi connectivity index (χ2v) is 6.49. The monoisotopic (exact) mass is 371 g/mol. The molecule has 26 heavy (non-hydrogen) atoms. The third-order valence-corrected chi connectivity index (χ3v) is 4.46. The Bertz CT molecular complexity index is 944. The summed E-state index contributed by atoms with van der Waals surface area (Å²) in [5.41, 5.74) is 1.25. The van der Waals surface area contributed by atoms with Crippen molar-refractivity contribution in [1.29, 1.82) is 0 Å². The van der Waals surface area contributed by atoms with Crippen LogP contribution in [0.15, 0.2) is 53.9 Å². The highest BCUT2D eigenvalue weighted by atomic mass is 32.1. The van der Waals surface area contributed by atoms with E-state index in [0.717, 1.165) is 22.7 Å². The normalized spacial score (nSPS) is 10.5. The van der Waals surface area contributed by atoms with Crippen LogP contribution < -0.4 is 5.32 Å². The highest BCUT2D eigenvalue weighted by Gasteiger charge is 2.16. The number of aromatic nitrogens is 1. The quantitative estimate of drug-likeness (QED) is 0.525. The van der Waals surface area contributed by atoms with E-state index < -0.39 is 16.4 Å². The third kappa shape index (κ3) is 4.48. The summed E-state index contributed by atoms with van der Waals surface area (Å²) in [5, 5.41) is 16.0. The molecule has 0 aliphatic heterocycles. The van der Waals surface area contributed by atoms with E-state index in [9.17, 15) is 19.3 Å². The van der Waals surface area contributed by atoms with Crippen LogP contribution in [0, 0.1) is 15.9 Å². The fourth-order valence-electron chi connectivity index (χ4n) is 2.38. The van der Waals surface area contributed by atoms with Gasteiger partial charge >= 0.3 is 5.69 Å². The maximum Gasteiger partial charge on any atom is 0.306 e. The minimum atomic E-state index is -0.946. The van der Waals surface area contributed by atoms with Crippen molar-refractivity contribution in [2.45, 2.75) is 12.8 Å². The van der Waals surface area contributed by atoms with Gasteiger partial charge < -0.3 is 5.32 Å². The standard InChI is InChI=1S/C18H14FN3O3S/c19-15-7-6-13(9-16(15)22(24)25)20-17(23)10-14-11-26-18(21-14)8-12-4-2-1-3-5-12/h1-7,9,11H,8,10H2,(H,20,23). The summed E-state index contributed by atoms with van der Waals surface area (Å²) in [6.45, 7) is 0. The molecule has 1 N–H and O–H groups in total. The topological polar surface area (TPSA) is 85.1 Å². The molecule has 0 saturated carbocycles. The van der Waals surface area contributed by atoms with Crippen molar-refractivity contribution in [3.63, 3.8) is 0 Å². The van der Waals surface area contributed by atoms with Crippen molar-refractivity contribution in [1.82, 2.24) is 4.98 Å². The number of amides is 1. The molecule has 0 saturated heterocycles. The molecule has 1 amide bonds. The van der Waals surface area contributed by atoms with Crippen LogP contribution in [0.2, 0.25) is 0 Å². The van der Waals surface area contributed by atoms with Crippen molar-refractivity contribution < 1.29 is 14.1 Å². The minimum absolute atomic E-state index is 0.0382. The van der Waals surface area contributed by atoms with Gasteiger partial charge in [0.05, 0.1) is 22.0 Å². The van der Waals surface area contributed by atoms with Gasteiger partial charge in [0.2, 0.25) is 11.7 Å². The molecule has 3 rings (SSSR count). The number of carbonyl (C=O) groups excluding carboxylic acids is 1. The van der Waals surface area contributed by atoms with Gasteiger partial charge in [-0.1, -0.05) is 30.3 Å². The molecular formula is C18H14FN3O3S. The van der Waals surface area contributed by atoms with Gasteiger partial charge in [-0.05, 0) is 17.7 Å². The van der Waals surface area contributed by atoms with Gasteiger partial charge in [-0.15, -0.1) is 11.3 Å². The number of hydrogen-bond donors (Lipinski definition) is 1. The first-order valence-corrected chi connectivity index (χ1v) is 8.60. The maximum absolute atomic E-state index is 13.3. The molecule has 1 aromatic heterocycles. The number of carbonyl (C=O) groups is 1. The second kappa shape index (κ2) is 7.83. The van der Waals surface area contributed by atoms with Crippen molar-refractivity contribution in [2.24, 2.45) is 0 Å². The molecule has 8 heteroatoms. The zero-order valence-corrected chi connectivity index (χ0v) is 14.3. The summed E-state index contributed by atoms with van der Waals surface area (Å²) in [6.07, 6.45) is 0.730. The van der Waals surface area contributed by atoms with Gasteiger partial charge in [0.25, 0.3) is 0 Å². The number of rotatable bonds is 6. The van der Waals surface area contributed by atoms with Gasteiger partial charge in [-0.3, -0.25) is 14.9 Å². The van der Waals surface area contributed by atoms with Crippen LogP contribution in [-0.4, -0.2) is 15.8 Å². The molecule has 0 unspecified atom stereocenters. The SMILES string of the molecule is O=C(Cc1csc(Cc2ccccc2)n1)Nc1ccc(F)c([N+](=O)[O-])c1. The zero-order chi connectivity index (χ0) is 18.5. The Morgan fingerprint density at radius 3 is 2.73 bits per heavy atom. The molecule has 0 atom stereocenters. The summed E-state index contributed by atoms with van der Waals surface area (Å²) in [5.74, 6) is -1.32. The van der Waals surface area contributed by atoms with Crippen LogP contribution >= 0.6 is 11.3 Å². The Morgan fingerprint density at radius 1 is 1.23 bits per heavy atom. The smallest absolute Gasteiger partial charge is 0.306 e. The van der Waals surface area contributed by atoms with Crippen LogP contribution in [-0.2, 0) is 17.6 Å². The van der Waals surface area contributed by atoms with E-state index in [1.807, 2.05) is 35.7 Å². The maximum atomic E-state index is 13.3. The number of thiazole rings is 1. The molecule has 0 aliphatic rings. The van der Waals surface area contributed by atoms with Crippen molar-refractivity contribution in [2.75, 3.05) is 5.32 Å². The van der Waals surface area contributed by atoms with E-state index in [4.69, 9.17) is 0 Å². The minimum Gasteiger partial charge on any atom is -0.325 e. The number of nitrogens with one attached hydrogen (secondary N) is 1. The molecule has 132 valence electrons. The first-order valence-electron chi connectivity index (χ1n) is 7.72. The third-order valence-electron chi connectivity index (χ3n) is 3.57. The lowest BCUT2D eigenvalue weighted by atomic mass is 10.2. The number of nitrogens with zero attached hydrogens (tertiary/aromatic N) is 2. The molecule has 3 aromatic rings. The summed E-state index contributed by atoms with van der Waals surface area (Å²) in [7, 11) is 0. The lowest BCUT2D eigenvalue weighted by molar-refractivity contribution is -0.387. The fraction of sp³-hybridized carbons (Fsp3) is 0.111. The average molecular weight is 371 g/mol. The van der Waals surface area contributed by atoms with E-state index in [0.29, 0.717) is 12.1 Å². The van der Waals surface area contributed by atoms with E-state index in [-0.39, 0.29) is 18.0 Å². The number of nitro benzene ring substituents is 1. The molecular weight excluding hydrogens is 357 g/mol. The summed E-state index contributed by atoms with van der Waals surface area (Å²) in [6, 6.07) is 13.1. The average Bonchev–Trinajstić information content (AvgIpc) is 3.04. The predicted molar refractivity (Wildman–Crippen MR) is 96.8 cm³/mol. The Kier molecular flexibility index (Phi) is 5.33. The van der Waals surface area contributed by atoms with Crippen molar-refractivity contribution >= 4 is 28.6 Å². The Hall–Kier alpha value is -3.13. The fourth-order valence-corrected chi connectivity index (χ4v) is 3.21. The Labute approximate surface area is 152 Å². The number of nitro groups is 1. The van der Waals surface area contributed by atoms with Gasteiger partial charge in [-0.2, -0.15) is 4.39 Å². The number of halogens is 1. The lowest BCUT2D eigenvalue weighted by Gasteiger charge is -2.04. The molecule has 0 aliphatic carbocycles.